The van der Waals surface area contributed by atoms with Gasteiger partial charge in [0.1, 0.15) is 6.07 Å². The van der Waals surface area contributed by atoms with Crippen LogP contribution in [-0.2, 0) is 4.79 Å². The maximum Gasteiger partial charge on any atom is 0.241 e. The standard InChI is InChI=1S/C12H15N3O/c1-14(2)12(16)9-15(3)11-7-5-4-6-10(11)8-13/h4-7H,9H2,1-3H3. The Morgan fingerprint density at radius 2 is 1.94 bits per heavy atom. The molecule has 1 amide bonds. The van der Waals surface area contributed by atoms with Crippen LogP contribution in [0.15, 0.2) is 24.3 Å². The van der Waals surface area contributed by atoms with Gasteiger partial charge in [-0.1, -0.05) is 12.1 Å². The number of anilines is 1. The number of benzene rings is 1. The van der Waals surface area contributed by atoms with Crippen LogP contribution < -0.4 is 4.90 Å². The van der Waals surface area contributed by atoms with Gasteiger partial charge in [-0.3, -0.25) is 4.79 Å². The van der Waals surface area contributed by atoms with Crippen molar-refractivity contribution in [3.8, 4) is 6.07 Å². The van der Waals surface area contributed by atoms with Gasteiger partial charge in [0.2, 0.25) is 5.91 Å². The van der Waals surface area contributed by atoms with E-state index in [1.54, 1.807) is 32.1 Å². The second kappa shape index (κ2) is 5.17. The van der Waals surface area contributed by atoms with E-state index in [0.29, 0.717) is 5.56 Å². The highest BCUT2D eigenvalue weighted by atomic mass is 16.2. The molecule has 0 bridgehead atoms. The maximum absolute atomic E-state index is 11.5. The second-order valence-electron chi connectivity index (χ2n) is 3.77. The quantitative estimate of drug-likeness (QED) is 0.761. The van der Waals surface area contributed by atoms with E-state index in [1.807, 2.05) is 18.2 Å². The average molecular weight is 217 g/mol. The molecule has 0 saturated heterocycles. The van der Waals surface area contributed by atoms with Crippen molar-refractivity contribution in [1.82, 2.24) is 4.90 Å². The fourth-order valence-corrected chi connectivity index (χ4v) is 1.33. The summed E-state index contributed by atoms with van der Waals surface area (Å²) in [5, 5.41) is 8.94. The fraction of sp³-hybridized carbons (Fsp3) is 0.333. The van der Waals surface area contributed by atoms with Crippen LogP contribution in [-0.4, -0.2) is 38.5 Å². The zero-order valence-electron chi connectivity index (χ0n) is 9.77. The fourth-order valence-electron chi connectivity index (χ4n) is 1.33. The van der Waals surface area contributed by atoms with Gasteiger partial charge in [0.05, 0.1) is 17.8 Å². The highest BCUT2D eigenvalue weighted by Gasteiger charge is 2.11. The topological polar surface area (TPSA) is 47.3 Å². The Morgan fingerprint density at radius 1 is 1.31 bits per heavy atom. The van der Waals surface area contributed by atoms with Gasteiger partial charge >= 0.3 is 0 Å². The van der Waals surface area contributed by atoms with Gasteiger partial charge in [-0.2, -0.15) is 5.26 Å². The van der Waals surface area contributed by atoms with E-state index in [-0.39, 0.29) is 12.5 Å². The minimum atomic E-state index is 0.00948. The molecule has 0 aliphatic rings. The Hall–Kier alpha value is -2.02. The summed E-state index contributed by atoms with van der Waals surface area (Å²) in [5.74, 6) is 0.00948. The average Bonchev–Trinajstić information content (AvgIpc) is 2.28. The van der Waals surface area contributed by atoms with E-state index in [0.717, 1.165) is 5.69 Å². The van der Waals surface area contributed by atoms with Gasteiger partial charge in [0.15, 0.2) is 0 Å². The molecule has 0 unspecified atom stereocenters. The first-order valence-corrected chi connectivity index (χ1v) is 4.96. The Bertz CT molecular complexity index is 421. The van der Waals surface area contributed by atoms with Crippen molar-refractivity contribution in [3.05, 3.63) is 29.8 Å². The van der Waals surface area contributed by atoms with Crippen molar-refractivity contribution in [2.75, 3.05) is 32.6 Å². The number of carbonyl (C=O) groups excluding carboxylic acids is 1. The minimum absolute atomic E-state index is 0.00948. The molecule has 4 nitrogen and oxygen atoms in total. The third-order valence-electron chi connectivity index (χ3n) is 2.31. The van der Waals surface area contributed by atoms with E-state index in [4.69, 9.17) is 5.26 Å². The van der Waals surface area contributed by atoms with Crippen molar-refractivity contribution >= 4 is 11.6 Å². The van der Waals surface area contributed by atoms with Gasteiger partial charge in [0.25, 0.3) is 0 Å². The van der Waals surface area contributed by atoms with Crippen LogP contribution in [0, 0.1) is 11.3 Å². The minimum Gasteiger partial charge on any atom is -0.364 e. The van der Waals surface area contributed by atoms with Crippen molar-refractivity contribution in [3.63, 3.8) is 0 Å². The predicted molar refractivity (Wildman–Crippen MR) is 63.1 cm³/mol. The van der Waals surface area contributed by atoms with Crippen LogP contribution in [0.25, 0.3) is 0 Å². The Labute approximate surface area is 95.7 Å². The Kier molecular flexibility index (Phi) is 3.90. The number of hydrogen-bond donors (Lipinski definition) is 0. The molecule has 1 aromatic rings. The number of carbonyl (C=O) groups is 1. The van der Waals surface area contributed by atoms with E-state index >= 15 is 0 Å². The van der Waals surface area contributed by atoms with E-state index in [9.17, 15) is 4.79 Å². The molecule has 0 spiro atoms. The van der Waals surface area contributed by atoms with Crippen LogP contribution in [0.5, 0.6) is 0 Å². The number of likely N-dealkylation sites (N-methyl/N-ethyl adjacent to an activating group) is 2. The summed E-state index contributed by atoms with van der Waals surface area (Å²) in [4.78, 5) is 14.8. The summed E-state index contributed by atoms with van der Waals surface area (Å²) in [6.07, 6.45) is 0. The lowest BCUT2D eigenvalue weighted by Crippen LogP contribution is -2.34. The zero-order valence-corrected chi connectivity index (χ0v) is 9.77. The van der Waals surface area contributed by atoms with Gasteiger partial charge in [0, 0.05) is 21.1 Å². The highest BCUT2D eigenvalue weighted by Crippen LogP contribution is 2.17. The molecule has 0 saturated carbocycles. The van der Waals surface area contributed by atoms with Gasteiger partial charge in [-0.25, -0.2) is 0 Å². The van der Waals surface area contributed by atoms with Crippen LogP contribution in [0.1, 0.15) is 5.56 Å². The molecular formula is C12H15N3O. The van der Waals surface area contributed by atoms with Crippen LogP contribution in [0.4, 0.5) is 5.69 Å². The molecule has 0 aliphatic carbocycles. The summed E-state index contributed by atoms with van der Waals surface area (Å²) in [6.45, 7) is 0.270. The molecule has 16 heavy (non-hydrogen) atoms. The van der Waals surface area contributed by atoms with E-state index < -0.39 is 0 Å². The smallest absolute Gasteiger partial charge is 0.241 e. The highest BCUT2D eigenvalue weighted by molar-refractivity contribution is 5.81. The summed E-state index contributed by atoms with van der Waals surface area (Å²) in [6, 6.07) is 9.35. The molecular weight excluding hydrogens is 202 g/mol. The van der Waals surface area contributed by atoms with Crippen LogP contribution in [0.2, 0.25) is 0 Å². The summed E-state index contributed by atoms with van der Waals surface area (Å²) in [5.41, 5.74) is 1.36. The number of nitriles is 1. The third-order valence-corrected chi connectivity index (χ3v) is 2.31. The van der Waals surface area contributed by atoms with Gasteiger partial charge < -0.3 is 9.80 Å². The molecule has 0 atom stereocenters. The van der Waals surface area contributed by atoms with Crippen LogP contribution >= 0.6 is 0 Å². The monoisotopic (exact) mass is 217 g/mol. The SMILES string of the molecule is CN(C)C(=O)CN(C)c1ccccc1C#N. The normalized spacial score (nSPS) is 9.38. The number of hydrogen-bond acceptors (Lipinski definition) is 3. The van der Waals surface area contributed by atoms with E-state index in [2.05, 4.69) is 6.07 Å². The molecule has 0 aromatic heterocycles. The maximum atomic E-state index is 11.5. The predicted octanol–water partition coefficient (Wildman–Crippen LogP) is 1.08. The van der Waals surface area contributed by atoms with E-state index in [1.165, 1.54) is 4.90 Å². The molecule has 84 valence electrons. The Morgan fingerprint density at radius 3 is 2.50 bits per heavy atom. The molecule has 0 fully saturated rings. The lowest BCUT2D eigenvalue weighted by atomic mass is 10.2. The van der Waals surface area contributed by atoms with Crippen molar-refractivity contribution in [2.45, 2.75) is 0 Å². The number of nitrogens with zero attached hydrogens (tertiary/aromatic N) is 3. The number of amides is 1. The zero-order chi connectivity index (χ0) is 12.1. The summed E-state index contributed by atoms with van der Waals surface area (Å²) in [7, 11) is 5.23. The lowest BCUT2D eigenvalue weighted by Gasteiger charge is -2.21. The summed E-state index contributed by atoms with van der Waals surface area (Å²) < 4.78 is 0. The Balaban J connectivity index is 2.85. The molecule has 1 aromatic carbocycles. The molecule has 0 radical (unpaired) electrons. The van der Waals surface area contributed by atoms with Crippen LogP contribution in [0.3, 0.4) is 0 Å². The second-order valence-corrected chi connectivity index (χ2v) is 3.77. The summed E-state index contributed by atoms with van der Waals surface area (Å²) >= 11 is 0. The van der Waals surface area contributed by atoms with Crippen molar-refractivity contribution in [2.24, 2.45) is 0 Å². The lowest BCUT2D eigenvalue weighted by molar-refractivity contribution is -0.127. The first-order valence-electron chi connectivity index (χ1n) is 4.96. The molecule has 4 heteroatoms. The molecule has 0 heterocycles. The first-order chi connectivity index (χ1) is 7.56. The first kappa shape index (κ1) is 12.1. The van der Waals surface area contributed by atoms with Crippen molar-refractivity contribution in [1.29, 1.82) is 5.26 Å². The third kappa shape index (κ3) is 2.74. The van der Waals surface area contributed by atoms with Gasteiger partial charge in [-0.15, -0.1) is 0 Å². The molecule has 0 N–H and O–H groups in total. The van der Waals surface area contributed by atoms with Gasteiger partial charge in [-0.05, 0) is 12.1 Å². The largest absolute Gasteiger partial charge is 0.364 e. The molecule has 0 aliphatic heterocycles. The molecule has 1 rings (SSSR count). The van der Waals surface area contributed by atoms with Crippen molar-refractivity contribution < 1.29 is 4.79 Å². The number of rotatable bonds is 3. The number of para-hydroxylation sites is 1.